The maximum absolute atomic E-state index is 13.0. The lowest BCUT2D eigenvalue weighted by Crippen LogP contribution is -2.44. The van der Waals surface area contributed by atoms with E-state index < -0.39 is 24.3 Å². The lowest BCUT2D eigenvalue weighted by atomic mass is 10.0. The van der Waals surface area contributed by atoms with Crippen molar-refractivity contribution in [1.29, 1.82) is 0 Å². The van der Waals surface area contributed by atoms with E-state index in [4.69, 9.17) is 18.9 Å². The van der Waals surface area contributed by atoms with Crippen LogP contribution in [0, 0.1) is 0 Å². The number of quaternary nitrogens is 1. The highest BCUT2D eigenvalue weighted by atomic mass is 16.7. The zero-order valence-corrected chi connectivity index (χ0v) is 65.6. The first-order valence-corrected chi connectivity index (χ1v) is 42.0. The third-order valence-electron chi connectivity index (χ3n) is 18.5. The fourth-order valence-corrected chi connectivity index (χ4v) is 12.2. The quantitative estimate of drug-likeness (QED) is 0.0195. The van der Waals surface area contributed by atoms with Gasteiger partial charge in [-0.25, -0.2) is 0 Å². The van der Waals surface area contributed by atoms with E-state index in [1.54, 1.807) is 0 Å². The van der Waals surface area contributed by atoms with Gasteiger partial charge >= 0.3 is 11.9 Å². The Morgan fingerprint density at radius 3 is 0.859 bits per heavy atom. The molecule has 0 saturated heterocycles. The molecule has 0 spiro atoms. The molecular weight excluding hydrogens is 1220 g/mol. The van der Waals surface area contributed by atoms with Crippen molar-refractivity contribution in [2.75, 3.05) is 47.5 Å². The van der Waals surface area contributed by atoms with Crippen LogP contribution in [0.2, 0.25) is 0 Å². The molecular formula is C90H159NO8. The highest BCUT2D eigenvalue weighted by Crippen LogP contribution is 2.20. The summed E-state index contributed by atoms with van der Waals surface area (Å²) in [6.45, 7) is 4.67. The van der Waals surface area contributed by atoms with E-state index in [2.05, 4.69) is 123 Å². The average Bonchev–Trinajstić information content (AvgIpc) is 1.16. The number of carboxylic acids is 1. The van der Waals surface area contributed by atoms with Crippen LogP contribution in [0.25, 0.3) is 0 Å². The van der Waals surface area contributed by atoms with Crippen molar-refractivity contribution in [3.8, 4) is 0 Å². The largest absolute Gasteiger partial charge is 0.545 e. The van der Waals surface area contributed by atoms with Crippen molar-refractivity contribution in [2.24, 2.45) is 0 Å². The third-order valence-corrected chi connectivity index (χ3v) is 18.5. The number of esters is 2. The number of likely N-dealkylation sites (N-methyl/N-ethyl adjacent to an activating group) is 1. The van der Waals surface area contributed by atoms with E-state index in [9.17, 15) is 19.5 Å². The maximum Gasteiger partial charge on any atom is 0.306 e. The number of rotatable bonds is 78. The molecule has 0 N–H and O–H groups in total. The second-order valence-electron chi connectivity index (χ2n) is 29.4. The van der Waals surface area contributed by atoms with Crippen molar-refractivity contribution in [2.45, 2.75) is 399 Å². The molecule has 0 amide bonds. The van der Waals surface area contributed by atoms with E-state index in [0.717, 1.165) is 103 Å². The van der Waals surface area contributed by atoms with Gasteiger partial charge in [-0.05, 0) is 83.5 Å². The third kappa shape index (κ3) is 81.1. The Hall–Kier alpha value is -4.05. The molecule has 9 heteroatoms. The van der Waals surface area contributed by atoms with E-state index in [1.807, 2.05) is 21.1 Å². The molecule has 0 aromatic carbocycles. The number of nitrogens with zero attached hydrogens (tertiary/aromatic N) is 1. The zero-order chi connectivity index (χ0) is 71.8. The number of hydrogen-bond acceptors (Lipinski definition) is 8. The highest BCUT2D eigenvalue weighted by Gasteiger charge is 2.22. The first-order chi connectivity index (χ1) is 48.6. The summed E-state index contributed by atoms with van der Waals surface area (Å²) in [5.41, 5.74) is 0. The Kier molecular flexibility index (Phi) is 76.4. The van der Waals surface area contributed by atoms with Crippen molar-refractivity contribution in [3.05, 3.63) is 109 Å². The molecule has 2 unspecified atom stereocenters. The molecule has 0 aliphatic heterocycles. The summed E-state index contributed by atoms with van der Waals surface area (Å²) in [7, 11) is 5.94. The Labute approximate surface area is 613 Å². The molecule has 9 nitrogen and oxygen atoms in total. The molecule has 0 fully saturated rings. The number of aliphatic carboxylic acids is 1. The second-order valence-corrected chi connectivity index (χ2v) is 29.4. The van der Waals surface area contributed by atoms with Crippen LogP contribution in [0.1, 0.15) is 386 Å². The summed E-state index contributed by atoms with van der Waals surface area (Å²) in [6, 6.07) is 0. The number of allylic oxidation sites excluding steroid dienone is 18. The molecule has 572 valence electrons. The second kappa shape index (κ2) is 79.6. The van der Waals surface area contributed by atoms with Crippen molar-refractivity contribution < 1.29 is 42.9 Å². The van der Waals surface area contributed by atoms with E-state index in [-0.39, 0.29) is 38.6 Å². The summed E-state index contributed by atoms with van der Waals surface area (Å²) in [5.74, 6) is -2.29. The van der Waals surface area contributed by atoms with Crippen molar-refractivity contribution >= 4 is 17.9 Å². The van der Waals surface area contributed by atoms with Gasteiger partial charge in [0.25, 0.3) is 0 Å². The summed E-state index contributed by atoms with van der Waals surface area (Å²) in [4.78, 5) is 37.6. The zero-order valence-electron chi connectivity index (χ0n) is 65.6. The summed E-state index contributed by atoms with van der Waals surface area (Å²) < 4.78 is 22.9. The Balaban J connectivity index is 4.02. The smallest absolute Gasteiger partial charge is 0.306 e. The van der Waals surface area contributed by atoms with E-state index in [1.165, 1.54) is 250 Å². The monoisotopic (exact) mass is 1380 g/mol. The minimum absolute atomic E-state index is 0.142. The van der Waals surface area contributed by atoms with Gasteiger partial charge < -0.3 is 33.3 Å². The van der Waals surface area contributed by atoms with E-state index >= 15 is 0 Å². The summed E-state index contributed by atoms with van der Waals surface area (Å²) >= 11 is 0. The van der Waals surface area contributed by atoms with Gasteiger partial charge in [-0.15, -0.1) is 0 Å². The average molecular weight is 1380 g/mol. The lowest BCUT2D eigenvalue weighted by molar-refractivity contribution is -0.870. The van der Waals surface area contributed by atoms with Crippen molar-refractivity contribution in [1.82, 2.24) is 0 Å². The van der Waals surface area contributed by atoms with Gasteiger partial charge in [-0.2, -0.15) is 0 Å². The first-order valence-electron chi connectivity index (χ1n) is 42.0. The number of carbonyl (C=O) groups excluding carboxylic acids is 3. The van der Waals surface area contributed by atoms with Gasteiger partial charge in [0.1, 0.15) is 13.2 Å². The molecule has 0 aromatic heterocycles. The van der Waals surface area contributed by atoms with Gasteiger partial charge in [0, 0.05) is 12.8 Å². The fourth-order valence-electron chi connectivity index (χ4n) is 12.2. The Morgan fingerprint density at radius 2 is 0.576 bits per heavy atom. The molecule has 0 aliphatic carbocycles. The predicted octanol–water partition coefficient (Wildman–Crippen LogP) is 25.9. The number of carboxylic acid groups (broad SMARTS) is 1. The first kappa shape index (κ1) is 94.9. The molecule has 2 atom stereocenters. The van der Waals surface area contributed by atoms with Crippen LogP contribution < -0.4 is 5.11 Å². The van der Waals surface area contributed by atoms with Crippen LogP contribution in [0.4, 0.5) is 0 Å². The molecule has 0 aliphatic rings. The van der Waals surface area contributed by atoms with E-state index in [0.29, 0.717) is 17.4 Å². The van der Waals surface area contributed by atoms with Crippen LogP contribution >= 0.6 is 0 Å². The maximum atomic E-state index is 13.0. The molecule has 0 heterocycles. The molecule has 99 heavy (non-hydrogen) atoms. The standard InChI is InChI=1S/C90H159NO8/c1-6-8-10-12-14-16-18-20-22-24-26-28-30-32-34-36-38-40-42-43-44-45-47-48-50-52-54-56-58-60-62-64-66-68-70-72-74-76-78-80-87(92)97-84-86(85-98-90(89(94)95)96-83-82-91(3,4)5)99-88(93)81-79-77-75-73-71-69-67-65-63-61-59-57-55-53-51-49-46-41-39-37-35-33-31-29-27-25-23-21-19-17-15-13-11-9-7-2/h9,11,15,17,21,23,27,29,33,35,39,41,49,51,55,57,61,63,86,90H,6-8,10,12-14,16,18-20,22,24-26,28,30-32,34,36-38,40,42-48,50,52-54,56,58-60,62,64-85H2,1-5H3/b11-9-,17-15-,23-21-,29-27-,35-33-,41-39-,51-49-,57-55-,63-61-. The van der Waals surface area contributed by atoms with Gasteiger partial charge in [0.15, 0.2) is 12.4 Å². The minimum Gasteiger partial charge on any atom is -0.545 e. The topological polar surface area (TPSA) is 111 Å². The van der Waals surface area contributed by atoms with Crippen molar-refractivity contribution in [3.63, 3.8) is 0 Å². The Morgan fingerprint density at radius 1 is 0.313 bits per heavy atom. The summed E-state index contributed by atoms with van der Waals surface area (Å²) in [5, 5.41) is 11.9. The molecule has 0 rings (SSSR count). The Bertz CT molecular complexity index is 2000. The number of hydrogen-bond donors (Lipinski definition) is 0. The minimum atomic E-state index is -1.63. The highest BCUT2D eigenvalue weighted by molar-refractivity contribution is 5.70. The van der Waals surface area contributed by atoms with Crippen LogP contribution in [0.3, 0.4) is 0 Å². The lowest BCUT2D eigenvalue weighted by Gasteiger charge is -2.26. The van der Waals surface area contributed by atoms with Crippen LogP contribution in [-0.2, 0) is 33.3 Å². The summed E-state index contributed by atoms with van der Waals surface area (Å²) in [6.07, 6.45) is 109. The molecule has 0 saturated carbocycles. The fraction of sp³-hybridized carbons (Fsp3) is 0.767. The van der Waals surface area contributed by atoms with Gasteiger partial charge in [-0.1, -0.05) is 399 Å². The van der Waals surface area contributed by atoms with Crippen LogP contribution in [0.5, 0.6) is 0 Å². The van der Waals surface area contributed by atoms with Crippen LogP contribution in [-0.4, -0.2) is 82.3 Å². The van der Waals surface area contributed by atoms with Gasteiger partial charge in [0.05, 0.1) is 40.3 Å². The predicted molar refractivity (Wildman–Crippen MR) is 426 cm³/mol. The number of carbonyl (C=O) groups is 3. The molecule has 0 bridgehead atoms. The SMILES string of the molecule is CC/C=C\C/C=C\C/C=C\C/C=C\C/C=C\C/C=C\C/C=C\C/C=C\C/C=C\CCCCCCCCCC(=O)OC(COC(=O)CCCCCCCCCCCCCCCCCCCCCCCCCCCCCCCCCCCCCCCCC)COC(OCC[N+](C)(C)C)C(=O)[O-]. The van der Waals surface area contributed by atoms with Gasteiger partial charge in [-0.3, -0.25) is 9.59 Å². The number of ether oxygens (including phenoxy) is 4. The molecule has 0 aromatic rings. The number of unbranched alkanes of at least 4 members (excludes halogenated alkanes) is 45. The van der Waals surface area contributed by atoms with Gasteiger partial charge in [0.2, 0.25) is 0 Å². The molecule has 0 radical (unpaired) electrons. The van der Waals surface area contributed by atoms with Crippen LogP contribution in [0.15, 0.2) is 109 Å². The normalized spacial score (nSPS) is 13.2.